The molecule has 1 aliphatic heterocycles. The third-order valence-electron chi connectivity index (χ3n) is 3.91. The van der Waals surface area contributed by atoms with Crippen LogP contribution in [0.25, 0.3) is 0 Å². The zero-order chi connectivity index (χ0) is 12.1. The molecule has 17 heavy (non-hydrogen) atoms. The molecule has 2 aliphatic rings. The van der Waals surface area contributed by atoms with Crippen LogP contribution in [0.1, 0.15) is 38.5 Å². The van der Waals surface area contributed by atoms with E-state index in [0.29, 0.717) is 19.1 Å². The van der Waals surface area contributed by atoms with Gasteiger partial charge in [0, 0.05) is 19.1 Å². The first-order valence-electron chi connectivity index (χ1n) is 6.70. The minimum Gasteiger partial charge on any atom is -0.342 e. The summed E-state index contributed by atoms with van der Waals surface area (Å²) < 4.78 is 0. The highest BCUT2D eigenvalue weighted by molar-refractivity contribution is 5.78. The van der Waals surface area contributed by atoms with Crippen molar-refractivity contribution in [2.24, 2.45) is 0 Å². The Balaban J connectivity index is 1.87. The number of nitriles is 1. The van der Waals surface area contributed by atoms with Gasteiger partial charge < -0.3 is 4.90 Å². The van der Waals surface area contributed by atoms with Crippen LogP contribution in [0.4, 0.5) is 0 Å². The molecule has 0 unspecified atom stereocenters. The predicted octanol–water partition coefficient (Wildman–Crippen LogP) is 1.38. The molecular formula is C13H21N3O. The van der Waals surface area contributed by atoms with Gasteiger partial charge in [0.1, 0.15) is 0 Å². The van der Waals surface area contributed by atoms with Gasteiger partial charge in [-0.2, -0.15) is 5.26 Å². The van der Waals surface area contributed by atoms with Crippen molar-refractivity contribution in [3.8, 4) is 6.07 Å². The fourth-order valence-corrected chi connectivity index (χ4v) is 2.91. The summed E-state index contributed by atoms with van der Waals surface area (Å²) in [6, 6.07) is 2.66. The highest BCUT2D eigenvalue weighted by atomic mass is 16.2. The molecule has 0 N–H and O–H groups in total. The molecular weight excluding hydrogens is 214 g/mol. The van der Waals surface area contributed by atoms with E-state index < -0.39 is 0 Å². The Morgan fingerprint density at radius 1 is 1.24 bits per heavy atom. The molecule has 1 amide bonds. The second kappa shape index (κ2) is 6.02. The zero-order valence-electron chi connectivity index (χ0n) is 10.4. The van der Waals surface area contributed by atoms with Crippen LogP contribution in [0.2, 0.25) is 0 Å². The first-order chi connectivity index (χ1) is 8.31. The molecule has 0 atom stereocenters. The van der Waals surface area contributed by atoms with Crippen LogP contribution in [0.15, 0.2) is 0 Å². The molecule has 4 heteroatoms. The maximum Gasteiger partial charge on any atom is 0.236 e. The largest absolute Gasteiger partial charge is 0.342 e. The second-order valence-electron chi connectivity index (χ2n) is 5.09. The van der Waals surface area contributed by atoms with Crippen molar-refractivity contribution < 1.29 is 4.79 Å². The van der Waals surface area contributed by atoms with Crippen molar-refractivity contribution in [1.82, 2.24) is 9.80 Å². The number of nitrogens with zero attached hydrogens (tertiary/aromatic N) is 3. The fourth-order valence-electron chi connectivity index (χ4n) is 2.91. The number of likely N-dealkylation sites (tertiary alicyclic amines) is 1. The van der Waals surface area contributed by atoms with Gasteiger partial charge in [-0.3, -0.25) is 9.69 Å². The Labute approximate surface area is 103 Å². The molecule has 0 radical (unpaired) electrons. The van der Waals surface area contributed by atoms with E-state index in [1.165, 1.54) is 12.8 Å². The molecule has 1 saturated heterocycles. The van der Waals surface area contributed by atoms with Crippen molar-refractivity contribution >= 4 is 5.91 Å². The maximum atomic E-state index is 12.1. The van der Waals surface area contributed by atoms with Gasteiger partial charge >= 0.3 is 0 Å². The number of carbonyl (C=O) groups excluding carboxylic acids is 1. The van der Waals surface area contributed by atoms with Crippen molar-refractivity contribution in [2.75, 3.05) is 26.2 Å². The van der Waals surface area contributed by atoms with E-state index in [2.05, 4.69) is 11.0 Å². The molecule has 2 rings (SSSR count). The molecule has 0 bridgehead atoms. The van der Waals surface area contributed by atoms with Gasteiger partial charge in [-0.1, -0.05) is 12.8 Å². The summed E-state index contributed by atoms with van der Waals surface area (Å²) in [5.74, 6) is 0.213. The summed E-state index contributed by atoms with van der Waals surface area (Å²) in [6.07, 6.45) is 7.04. The van der Waals surface area contributed by atoms with Gasteiger partial charge in [0.15, 0.2) is 0 Å². The molecule has 0 spiro atoms. The van der Waals surface area contributed by atoms with Crippen molar-refractivity contribution in [2.45, 2.75) is 44.6 Å². The lowest BCUT2D eigenvalue weighted by atomic mass is 10.2. The second-order valence-corrected chi connectivity index (χ2v) is 5.09. The van der Waals surface area contributed by atoms with Crippen LogP contribution in [0, 0.1) is 11.3 Å². The van der Waals surface area contributed by atoms with Gasteiger partial charge in [-0.25, -0.2) is 0 Å². The summed E-state index contributed by atoms with van der Waals surface area (Å²) >= 11 is 0. The fraction of sp³-hybridized carbons (Fsp3) is 0.846. The van der Waals surface area contributed by atoms with Crippen LogP contribution in [-0.4, -0.2) is 47.9 Å². The molecule has 0 aromatic rings. The van der Waals surface area contributed by atoms with Gasteiger partial charge in [-0.15, -0.1) is 0 Å². The SMILES string of the molecule is N#CCN(CC(=O)N1CCCC1)C1CCCC1. The van der Waals surface area contributed by atoms with E-state index in [1.54, 1.807) is 0 Å². The van der Waals surface area contributed by atoms with Crippen LogP contribution in [0.3, 0.4) is 0 Å². The smallest absolute Gasteiger partial charge is 0.236 e. The van der Waals surface area contributed by atoms with Gasteiger partial charge in [0.25, 0.3) is 0 Å². The molecule has 1 saturated carbocycles. The van der Waals surface area contributed by atoms with E-state index in [4.69, 9.17) is 5.26 Å². The lowest BCUT2D eigenvalue weighted by Gasteiger charge is -2.27. The lowest BCUT2D eigenvalue weighted by molar-refractivity contribution is -0.131. The lowest BCUT2D eigenvalue weighted by Crippen LogP contribution is -2.43. The number of amides is 1. The minimum absolute atomic E-state index is 0.213. The third-order valence-corrected chi connectivity index (χ3v) is 3.91. The molecule has 94 valence electrons. The first-order valence-corrected chi connectivity index (χ1v) is 6.70. The Morgan fingerprint density at radius 2 is 1.88 bits per heavy atom. The van der Waals surface area contributed by atoms with Crippen LogP contribution < -0.4 is 0 Å². The molecule has 0 aromatic heterocycles. The number of carbonyl (C=O) groups is 1. The monoisotopic (exact) mass is 235 g/mol. The molecule has 1 heterocycles. The highest BCUT2D eigenvalue weighted by Crippen LogP contribution is 2.23. The van der Waals surface area contributed by atoms with Crippen molar-refractivity contribution in [3.05, 3.63) is 0 Å². The Morgan fingerprint density at radius 3 is 2.47 bits per heavy atom. The van der Waals surface area contributed by atoms with E-state index in [-0.39, 0.29) is 5.91 Å². The van der Waals surface area contributed by atoms with Gasteiger partial charge in [0.2, 0.25) is 5.91 Å². The quantitative estimate of drug-likeness (QED) is 0.692. The van der Waals surface area contributed by atoms with E-state index in [9.17, 15) is 4.79 Å². The third kappa shape index (κ3) is 3.19. The normalized spacial score (nSPS) is 21.1. The Kier molecular flexibility index (Phi) is 4.38. The van der Waals surface area contributed by atoms with Gasteiger partial charge in [-0.05, 0) is 25.7 Å². The predicted molar refractivity (Wildman–Crippen MR) is 65.3 cm³/mol. The zero-order valence-corrected chi connectivity index (χ0v) is 10.4. The standard InChI is InChI=1S/C13H21N3O/c14-7-10-16(12-5-1-2-6-12)11-13(17)15-8-3-4-9-15/h12H,1-6,8-11H2. The van der Waals surface area contributed by atoms with E-state index in [0.717, 1.165) is 38.8 Å². The van der Waals surface area contributed by atoms with Crippen molar-refractivity contribution in [1.29, 1.82) is 5.26 Å². The average Bonchev–Trinajstić information content (AvgIpc) is 3.01. The Bertz CT molecular complexity index is 298. The average molecular weight is 235 g/mol. The highest BCUT2D eigenvalue weighted by Gasteiger charge is 2.26. The summed E-state index contributed by atoms with van der Waals surface area (Å²) in [7, 11) is 0. The first kappa shape index (κ1) is 12.4. The van der Waals surface area contributed by atoms with Crippen LogP contribution in [-0.2, 0) is 4.79 Å². The molecule has 0 aromatic carbocycles. The summed E-state index contributed by atoms with van der Waals surface area (Å²) in [5.41, 5.74) is 0. The van der Waals surface area contributed by atoms with Crippen molar-refractivity contribution in [3.63, 3.8) is 0 Å². The number of rotatable bonds is 4. The topological polar surface area (TPSA) is 47.3 Å². The minimum atomic E-state index is 0.213. The van der Waals surface area contributed by atoms with E-state index in [1.807, 2.05) is 4.90 Å². The summed E-state index contributed by atoms with van der Waals surface area (Å²) in [4.78, 5) is 16.1. The summed E-state index contributed by atoms with van der Waals surface area (Å²) in [5, 5.41) is 8.86. The van der Waals surface area contributed by atoms with E-state index >= 15 is 0 Å². The van der Waals surface area contributed by atoms with Crippen LogP contribution >= 0.6 is 0 Å². The number of hydrogen-bond acceptors (Lipinski definition) is 3. The van der Waals surface area contributed by atoms with Crippen LogP contribution in [0.5, 0.6) is 0 Å². The number of hydrogen-bond donors (Lipinski definition) is 0. The maximum absolute atomic E-state index is 12.1. The van der Waals surface area contributed by atoms with Gasteiger partial charge in [0.05, 0.1) is 19.2 Å². The molecule has 2 fully saturated rings. The summed E-state index contributed by atoms with van der Waals surface area (Å²) in [6.45, 7) is 2.65. The Hall–Kier alpha value is -1.08. The molecule has 1 aliphatic carbocycles. The molecule has 4 nitrogen and oxygen atoms in total.